The van der Waals surface area contributed by atoms with Crippen molar-refractivity contribution in [2.24, 2.45) is 0 Å². The Labute approximate surface area is 111 Å². The number of hydrogen-bond acceptors (Lipinski definition) is 5. The quantitative estimate of drug-likeness (QED) is 0.901. The van der Waals surface area contributed by atoms with E-state index < -0.39 is 5.97 Å². The van der Waals surface area contributed by atoms with E-state index in [-0.39, 0.29) is 5.69 Å². The average Bonchev–Trinajstić information content (AvgIpc) is 2.78. The van der Waals surface area contributed by atoms with Gasteiger partial charge in [-0.1, -0.05) is 11.6 Å². The zero-order chi connectivity index (χ0) is 13.1. The Hall–Kier alpha value is -2.10. The number of carboxylic acids is 1. The predicted octanol–water partition coefficient (Wildman–Crippen LogP) is 3.11. The highest BCUT2D eigenvalue weighted by molar-refractivity contribution is 7.14. The Balaban J connectivity index is 2.21. The largest absolute Gasteiger partial charge is 0.476 e. The molecule has 5 nitrogen and oxygen atoms in total. The third-order valence-corrected chi connectivity index (χ3v) is 3.13. The molecule has 0 saturated carbocycles. The zero-order valence-corrected chi connectivity index (χ0v) is 10.4. The van der Waals surface area contributed by atoms with E-state index in [9.17, 15) is 4.79 Å². The molecule has 0 unspecified atom stereocenters. The second-order valence-electron chi connectivity index (χ2n) is 3.27. The summed E-state index contributed by atoms with van der Waals surface area (Å²) in [5.74, 6) is -1.07. The molecular formula is C11H6ClN3O2S. The number of aromatic nitrogens is 1. The van der Waals surface area contributed by atoms with Crippen LogP contribution in [-0.2, 0) is 0 Å². The minimum Gasteiger partial charge on any atom is -0.476 e. The fourth-order valence-corrected chi connectivity index (χ4v) is 2.16. The maximum Gasteiger partial charge on any atom is 0.355 e. The van der Waals surface area contributed by atoms with Crippen LogP contribution in [0.2, 0.25) is 5.02 Å². The smallest absolute Gasteiger partial charge is 0.355 e. The number of rotatable bonds is 3. The van der Waals surface area contributed by atoms with Crippen molar-refractivity contribution in [3.05, 3.63) is 39.9 Å². The molecule has 18 heavy (non-hydrogen) atoms. The number of halogens is 1. The van der Waals surface area contributed by atoms with Gasteiger partial charge in [-0.05, 0) is 18.2 Å². The predicted molar refractivity (Wildman–Crippen MR) is 68.5 cm³/mol. The van der Waals surface area contributed by atoms with Gasteiger partial charge in [-0.25, -0.2) is 9.78 Å². The summed E-state index contributed by atoms with van der Waals surface area (Å²) in [6, 6.07) is 6.79. The minimum absolute atomic E-state index is 0.0118. The molecule has 0 radical (unpaired) electrons. The first-order valence-corrected chi connectivity index (χ1v) is 6.01. The molecule has 0 spiro atoms. The highest BCUT2D eigenvalue weighted by Gasteiger charge is 2.09. The van der Waals surface area contributed by atoms with Crippen LogP contribution >= 0.6 is 22.9 Å². The van der Waals surface area contributed by atoms with Gasteiger partial charge in [0.05, 0.1) is 10.6 Å². The highest BCUT2D eigenvalue weighted by Crippen LogP contribution is 2.25. The second kappa shape index (κ2) is 5.04. The Bertz CT molecular complexity index is 648. The van der Waals surface area contributed by atoms with Crippen LogP contribution in [-0.4, -0.2) is 16.1 Å². The van der Waals surface area contributed by atoms with E-state index in [1.165, 1.54) is 16.7 Å². The number of anilines is 2. The van der Waals surface area contributed by atoms with Crippen LogP contribution in [0, 0.1) is 11.3 Å². The summed E-state index contributed by atoms with van der Waals surface area (Å²) in [7, 11) is 0. The van der Waals surface area contributed by atoms with E-state index >= 15 is 0 Å². The van der Waals surface area contributed by atoms with Gasteiger partial charge in [0.1, 0.15) is 6.07 Å². The molecule has 0 aliphatic rings. The summed E-state index contributed by atoms with van der Waals surface area (Å²) < 4.78 is 0. The number of nitriles is 1. The maximum atomic E-state index is 10.7. The van der Waals surface area contributed by atoms with Crippen molar-refractivity contribution in [2.75, 3.05) is 5.32 Å². The summed E-state index contributed by atoms with van der Waals surface area (Å²) in [5, 5.41) is 22.6. The van der Waals surface area contributed by atoms with Gasteiger partial charge in [-0.3, -0.25) is 0 Å². The fraction of sp³-hybridized carbons (Fsp3) is 0. The number of aromatic carboxylic acids is 1. The van der Waals surface area contributed by atoms with Gasteiger partial charge in [-0.15, -0.1) is 11.3 Å². The van der Waals surface area contributed by atoms with Gasteiger partial charge in [0.2, 0.25) is 0 Å². The van der Waals surface area contributed by atoms with Crippen LogP contribution in [0.25, 0.3) is 0 Å². The Kier molecular flexibility index (Phi) is 3.46. The summed E-state index contributed by atoms with van der Waals surface area (Å²) in [6.07, 6.45) is 0. The van der Waals surface area contributed by atoms with Crippen molar-refractivity contribution in [3.63, 3.8) is 0 Å². The Morgan fingerprint density at radius 2 is 2.33 bits per heavy atom. The molecule has 0 aliphatic carbocycles. The van der Waals surface area contributed by atoms with Gasteiger partial charge < -0.3 is 10.4 Å². The minimum atomic E-state index is -1.07. The molecule has 2 rings (SSSR count). The van der Waals surface area contributed by atoms with E-state index in [1.54, 1.807) is 18.2 Å². The van der Waals surface area contributed by atoms with Gasteiger partial charge in [-0.2, -0.15) is 5.26 Å². The molecule has 0 fully saturated rings. The van der Waals surface area contributed by atoms with Gasteiger partial charge in [0.15, 0.2) is 10.8 Å². The topological polar surface area (TPSA) is 86.0 Å². The number of nitrogens with zero attached hydrogens (tertiary/aromatic N) is 2. The number of thiazole rings is 1. The van der Waals surface area contributed by atoms with Crippen LogP contribution in [0.15, 0.2) is 23.6 Å². The van der Waals surface area contributed by atoms with E-state index in [0.717, 1.165) is 0 Å². The molecule has 2 aromatic rings. The van der Waals surface area contributed by atoms with Crippen molar-refractivity contribution in [1.29, 1.82) is 5.26 Å². The number of nitrogens with one attached hydrogen (secondary N) is 1. The van der Waals surface area contributed by atoms with Crippen LogP contribution in [0.4, 0.5) is 10.8 Å². The molecule has 0 amide bonds. The van der Waals surface area contributed by atoms with Crippen molar-refractivity contribution >= 4 is 39.7 Å². The zero-order valence-electron chi connectivity index (χ0n) is 8.85. The lowest BCUT2D eigenvalue weighted by Crippen LogP contribution is -1.97. The highest BCUT2D eigenvalue weighted by atomic mass is 35.5. The van der Waals surface area contributed by atoms with Gasteiger partial charge in [0.25, 0.3) is 0 Å². The third-order valence-electron chi connectivity index (χ3n) is 2.06. The monoisotopic (exact) mass is 279 g/mol. The van der Waals surface area contributed by atoms with E-state index in [0.29, 0.717) is 21.4 Å². The molecule has 0 saturated heterocycles. The summed E-state index contributed by atoms with van der Waals surface area (Å²) in [4.78, 5) is 14.5. The third kappa shape index (κ3) is 2.59. The summed E-state index contributed by atoms with van der Waals surface area (Å²) in [6.45, 7) is 0. The standard InChI is InChI=1S/C11H6ClN3O2S/c12-8-3-7(2-1-6(8)4-13)14-11-15-9(5-18-11)10(16)17/h1-3,5H,(H,14,15)(H,16,17). The number of carboxylic acid groups (broad SMARTS) is 1. The molecule has 0 aliphatic heterocycles. The molecule has 2 N–H and O–H groups in total. The molecule has 1 aromatic heterocycles. The number of hydrogen-bond donors (Lipinski definition) is 2. The SMILES string of the molecule is N#Cc1ccc(Nc2nc(C(=O)O)cs2)cc1Cl. The molecule has 1 heterocycles. The first kappa shape index (κ1) is 12.4. The molecular weight excluding hydrogens is 274 g/mol. The van der Waals surface area contributed by atoms with Crippen molar-refractivity contribution in [1.82, 2.24) is 4.98 Å². The van der Waals surface area contributed by atoms with Crippen molar-refractivity contribution in [3.8, 4) is 6.07 Å². The molecule has 0 atom stereocenters. The summed E-state index contributed by atoms with van der Waals surface area (Å²) in [5.41, 5.74) is 1.01. The maximum absolute atomic E-state index is 10.7. The van der Waals surface area contributed by atoms with E-state index in [4.69, 9.17) is 22.0 Å². The lowest BCUT2D eigenvalue weighted by atomic mass is 10.2. The molecule has 1 aromatic carbocycles. The first-order chi connectivity index (χ1) is 8.60. The van der Waals surface area contributed by atoms with Crippen LogP contribution < -0.4 is 5.32 Å². The average molecular weight is 280 g/mol. The fourth-order valence-electron chi connectivity index (χ4n) is 1.24. The molecule has 0 bridgehead atoms. The van der Waals surface area contributed by atoms with Crippen molar-refractivity contribution < 1.29 is 9.90 Å². The first-order valence-electron chi connectivity index (χ1n) is 4.75. The lowest BCUT2D eigenvalue weighted by molar-refractivity contribution is 0.0691. The Morgan fingerprint density at radius 3 is 2.89 bits per heavy atom. The van der Waals surface area contributed by atoms with E-state index in [1.807, 2.05) is 6.07 Å². The lowest BCUT2D eigenvalue weighted by Gasteiger charge is -2.03. The number of benzene rings is 1. The number of carbonyl (C=O) groups is 1. The van der Waals surface area contributed by atoms with Crippen LogP contribution in [0.5, 0.6) is 0 Å². The van der Waals surface area contributed by atoms with Gasteiger partial charge in [0, 0.05) is 11.1 Å². The van der Waals surface area contributed by atoms with Gasteiger partial charge >= 0.3 is 5.97 Å². The Morgan fingerprint density at radius 1 is 1.56 bits per heavy atom. The molecule has 90 valence electrons. The van der Waals surface area contributed by atoms with E-state index in [2.05, 4.69) is 10.3 Å². The normalized spacial score (nSPS) is 9.78. The second-order valence-corrected chi connectivity index (χ2v) is 4.54. The summed E-state index contributed by atoms with van der Waals surface area (Å²) >= 11 is 7.06. The molecule has 7 heteroatoms. The van der Waals surface area contributed by atoms with Crippen LogP contribution in [0.1, 0.15) is 16.1 Å². The van der Waals surface area contributed by atoms with Crippen molar-refractivity contribution in [2.45, 2.75) is 0 Å². The van der Waals surface area contributed by atoms with Crippen LogP contribution in [0.3, 0.4) is 0 Å².